The van der Waals surface area contributed by atoms with Crippen LogP contribution in [0.4, 0.5) is 0 Å². The van der Waals surface area contributed by atoms with Crippen molar-refractivity contribution in [2.24, 2.45) is 5.73 Å². The molecule has 1 amide bonds. The van der Waals surface area contributed by atoms with E-state index in [1.807, 2.05) is 18.2 Å². The fraction of sp³-hybridized carbons (Fsp3) is 0. The van der Waals surface area contributed by atoms with E-state index in [2.05, 4.69) is 6.07 Å². The molecule has 0 aromatic heterocycles. The van der Waals surface area contributed by atoms with Crippen molar-refractivity contribution in [3.8, 4) is 17.2 Å². The maximum absolute atomic E-state index is 11.1. The second-order valence-electron chi connectivity index (χ2n) is 3.64. The van der Waals surface area contributed by atoms with Gasteiger partial charge in [0, 0.05) is 5.56 Å². The monoisotopic (exact) mass is 222 g/mol. The van der Waals surface area contributed by atoms with Gasteiger partial charge in [0.05, 0.1) is 11.6 Å². The lowest BCUT2D eigenvalue weighted by Crippen LogP contribution is -2.10. The van der Waals surface area contributed by atoms with Crippen molar-refractivity contribution < 1.29 is 4.79 Å². The first-order chi connectivity index (χ1) is 8.20. The Hall–Kier alpha value is -2.60. The Labute approximate surface area is 99.1 Å². The van der Waals surface area contributed by atoms with E-state index in [0.717, 1.165) is 11.1 Å². The molecule has 17 heavy (non-hydrogen) atoms. The summed E-state index contributed by atoms with van der Waals surface area (Å²) in [5, 5.41) is 8.83. The second kappa shape index (κ2) is 4.50. The quantitative estimate of drug-likeness (QED) is 0.847. The van der Waals surface area contributed by atoms with Gasteiger partial charge in [-0.1, -0.05) is 24.3 Å². The molecule has 0 heterocycles. The van der Waals surface area contributed by atoms with Gasteiger partial charge in [-0.3, -0.25) is 4.79 Å². The number of nitrogens with two attached hydrogens (primary N) is 1. The number of nitrogens with zero attached hydrogens (tertiary/aromatic N) is 1. The van der Waals surface area contributed by atoms with Crippen molar-refractivity contribution >= 4 is 5.91 Å². The van der Waals surface area contributed by atoms with Gasteiger partial charge in [-0.2, -0.15) is 5.26 Å². The van der Waals surface area contributed by atoms with E-state index >= 15 is 0 Å². The minimum atomic E-state index is -0.455. The summed E-state index contributed by atoms with van der Waals surface area (Å²) in [6, 6.07) is 16.3. The van der Waals surface area contributed by atoms with Crippen LogP contribution in [0, 0.1) is 11.3 Å². The van der Waals surface area contributed by atoms with E-state index in [0.29, 0.717) is 11.1 Å². The minimum absolute atomic E-state index is 0.455. The fourth-order valence-electron chi connectivity index (χ4n) is 1.62. The molecule has 3 heteroatoms. The van der Waals surface area contributed by atoms with Gasteiger partial charge in [-0.15, -0.1) is 0 Å². The molecule has 2 N–H and O–H groups in total. The number of carbonyl (C=O) groups is 1. The van der Waals surface area contributed by atoms with E-state index < -0.39 is 5.91 Å². The van der Waals surface area contributed by atoms with Crippen molar-refractivity contribution in [3.63, 3.8) is 0 Å². The standard InChI is InChI=1S/C14H10N2O/c15-9-10-3-1-4-11(7-10)12-5-2-6-13(8-12)14(16)17/h1-8H,(H2,16,17). The normalized spacial score (nSPS) is 9.59. The SMILES string of the molecule is N#Cc1cccc(-c2cccc(C(N)=O)c2)c1. The zero-order chi connectivity index (χ0) is 12.3. The maximum atomic E-state index is 11.1. The molecule has 0 spiro atoms. The number of benzene rings is 2. The van der Waals surface area contributed by atoms with Crippen LogP contribution in [0.15, 0.2) is 48.5 Å². The predicted octanol–water partition coefficient (Wildman–Crippen LogP) is 2.32. The van der Waals surface area contributed by atoms with E-state index in [1.54, 1.807) is 30.3 Å². The number of nitriles is 1. The molecule has 0 fully saturated rings. The topological polar surface area (TPSA) is 66.9 Å². The molecular formula is C14H10N2O. The first kappa shape index (κ1) is 10.9. The first-order valence-corrected chi connectivity index (χ1v) is 5.11. The van der Waals surface area contributed by atoms with Crippen LogP contribution in [-0.4, -0.2) is 5.91 Å². The Morgan fingerprint density at radius 3 is 2.35 bits per heavy atom. The molecule has 0 aliphatic heterocycles. The highest BCUT2D eigenvalue weighted by atomic mass is 16.1. The molecule has 0 radical (unpaired) electrons. The average Bonchev–Trinajstić information content (AvgIpc) is 2.39. The smallest absolute Gasteiger partial charge is 0.248 e. The van der Waals surface area contributed by atoms with Crippen LogP contribution in [0.1, 0.15) is 15.9 Å². The van der Waals surface area contributed by atoms with Crippen molar-refractivity contribution in [1.82, 2.24) is 0 Å². The molecule has 82 valence electrons. The largest absolute Gasteiger partial charge is 0.366 e. The molecule has 0 saturated carbocycles. The molecule has 0 unspecified atom stereocenters. The molecule has 0 bridgehead atoms. The Kier molecular flexibility index (Phi) is 2.89. The number of hydrogen-bond acceptors (Lipinski definition) is 2. The van der Waals surface area contributed by atoms with Gasteiger partial charge in [0.1, 0.15) is 0 Å². The van der Waals surface area contributed by atoms with Gasteiger partial charge in [0.2, 0.25) is 5.91 Å². The van der Waals surface area contributed by atoms with Crippen LogP contribution in [0.3, 0.4) is 0 Å². The van der Waals surface area contributed by atoms with Crippen molar-refractivity contribution in [1.29, 1.82) is 5.26 Å². The Morgan fingerprint density at radius 2 is 1.71 bits per heavy atom. The van der Waals surface area contributed by atoms with Crippen molar-refractivity contribution in [3.05, 3.63) is 59.7 Å². The molecule has 2 aromatic carbocycles. The number of hydrogen-bond donors (Lipinski definition) is 1. The number of carbonyl (C=O) groups excluding carboxylic acids is 1. The lowest BCUT2D eigenvalue weighted by atomic mass is 10.0. The van der Waals surface area contributed by atoms with Gasteiger partial charge in [-0.25, -0.2) is 0 Å². The summed E-state index contributed by atoms with van der Waals surface area (Å²) in [5.74, 6) is -0.455. The van der Waals surface area contributed by atoms with Gasteiger partial charge in [0.15, 0.2) is 0 Å². The lowest BCUT2D eigenvalue weighted by molar-refractivity contribution is 0.100. The van der Waals surface area contributed by atoms with E-state index in [9.17, 15) is 4.79 Å². The second-order valence-corrected chi connectivity index (χ2v) is 3.64. The Morgan fingerprint density at radius 1 is 1.06 bits per heavy atom. The summed E-state index contributed by atoms with van der Waals surface area (Å²) in [6.07, 6.45) is 0. The summed E-state index contributed by atoms with van der Waals surface area (Å²) < 4.78 is 0. The third kappa shape index (κ3) is 2.32. The Balaban J connectivity index is 2.49. The van der Waals surface area contributed by atoms with Crippen LogP contribution in [-0.2, 0) is 0 Å². The minimum Gasteiger partial charge on any atom is -0.366 e. The van der Waals surface area contributed by atoms with Gasteiger partial charge in [-0.05, 0) is 35.4 Å². The first-order valence-electron chi connectivity index (χ1n) is 5.11. The van der Waals surface area contributed by atoms with Crippen LogP contribution < -0.4 is 5.73 Å². The summed E-state index contributed by atoms with van der Waals surface area (Å²) in [4.78, 5) is 11.1. The van der Waals surface area contributed by atoms with Crippen LogP contribution in [0.5, 0.6) is 0 Å². The highest BCUT2D eigenvalue weighted by Gasteiger charge is 2.03. The predicted molar refractivity (Wildman–Crippen MR) is 65.1 cm³/mol. The molecule has 0 aliphatic carbocycles. The Bertz CT molecular complexity index is 612. The van der Waals surface area contributed by atoms with E-state index in [1.165, 1.54) is 0 Å². The number of rotatable bonds is 2. The summed E-state index contributed by atoms with van der Waals surface area (Å²) in [7, 11) is 0. The van der Waals surface area contributed by atoms with Gasteiger partial charge < -0.3 is 5.73 Å². The summed E-state index contributed by atoms with van der Waals surface area (Å²) in [6.45, 7) is 0. The van der Waals surface area contributed by atoms with Crippen molar-refractivity contribution in [2.45, 2.75) is 0 Å². The highest BCUT2D eigenvalue weighted by Crippen LogP contribution is 2.21. The van der Waals surface area contributed by atoms with Gasteiger partial charge in [0.25, 0.3) is 0 Å². The maximum Gasteiger partial charge on any atom is 0.248 e. The third-order valence-electron chi connectivity index (χ3n) is 2.47. The highest BCUT2D eigenvalue weighted by molar-refractivity contribution is 5.94. The molecule has 0 saturated heterocycles. The molecule has 3 nitrogen and oxygen atoms in total. The molecule has 0 aliphatic rings. The third-order valence-corrected chi connectivity index (χ3v) is 2.47. The number of primary amides is 1. The number of amides is 1. The van der Waals surface area contributed by atoms with E-state index in [-0.39, 0.29) is 0 Å². The summed E-state index contributed by atoms with van der Waals surface area (Å²) >= 11 is 0. The van der Waals surface area contributed by atoms with Crippen LogP contribution in [0.25, 0.3) is 11.1 Å². The average molecular weight is 222 g/mol. The molecular weight excluding hydrogens is 212 g/mol. The molecule has 0 atom stereocenters. The molecule has 2 rings (SSSR count). The van der Waals surface area contributed by atoms with Gasteiger partial charge >= 0.3 is 0 Å². The van der Waals surface area contributed by atoms with E-state index in [4.69, 9.17) is 11.0 Å². The van der Waals surface area contributed by atoms with Crippen molar-refractivity contribution in [2.75, 3.05) is 0 Å². The van der Waals surface area contributed by atoms with Crippen LogP contribution in [0.2, 0.25) is 0 Å². The molecule has 2 aromatic rings. The summed E-state index contributed by atoms with van der Waals surface area (Å²) in [5.41, 5.74) is 8.05. The lowest BCUT2D eigenvalue weighted by Gasteiger charge is -2.03. The van der Waals surface area contributed by atoms with Crippen LogP contribution >= 0.6 is 0 Å². The zero-order valence-corrected chi connectivity index (χ0v) is 9.05. The fourth-order valence-corrected chi connectivity index (χ4v) is 1.62. The zero-order valence-electron chi connectivity index (χ0n) is 9.05.